The number of nitrogens with two attached hydrogens (primary N) is 1. The molecule has 0 spiro atoms. The van der Waals surface area contributed by atoms with E-state index in [4.69, 9.17) is 10.2 Å². The number of anilines is 2. The molecule has 5 heteroatoms. The molecular weight excluding hydrogens is 266 g/mol. The average molecular weight is 287 g/mol. The number of carbonyl (C=O) groups is 1. The van der Waals surface area contributed by atoms with Crippen LogP contribution in [0.1, 0.15) is 18.2 Å². The first-order chi connectivity index (χ1) is 9.97. The molecule has 21 heavy (non-hydrogen) atoms. The highest BCUT2D eigenvalue weighted by Crippen LogP contribution is 2.19. The van der Waals surface area contributed by atoms with Crippen LogP contribution in [0.4, 0.5) is 11.4 Å². The minimum atomic E-state index is -0.282. The van der Waals surface area contributed by atoms with Crippen molar-refractivity contribution in [3.05, 3.63) is 47.9 Å². The van der Waals surface area contributed by atoms with Crippen LogP contribution < -0.4 is 11.1 Å². The fourth-order valence-electron chi connectivity index (χ4n) is 2.00. The highest BCUT2D eigenvalue weighted by molar-refractivity contribution is 5.95. The van der Waals surface area contributed by atoms with Crippen LogP contribution in [-0.2, 0) is 11.3 Å². The van der Waals surface area contributed by atoms with Gasteiger partial charge in [-0.25, -0.2) is 0 Å². The second-order valence-corrected chi connectivity index (χ2v) is 5.23. The fraction of sp³-hybridized carbons (Fsp3) is 0.312. The number of nitrogen functional groups attached to an aromatic ring is 1. The van der Waals surface area contributed by atoms with Gasteiger partial charge < -0.3 is 15.5 Å². The Morgan fingerprint density at radius 2 is 2.19 bits per heavy atom. The van der Waals surface area contributed by atoms with E-state index in [1.54, 1.807) is 12.3 Å². The number of amides is 1. The highest BCUT2D eigenvalue weighted by atomic mass is 16.3. The van der Waals surface area contributed by atoms with E-state index >= 15 is 0 Å². The Balaban J connectivity index is 2.00. The highest BCUT2D eigenvalue weighted by Gasteiger charge is 2.19. The summed E-state index contributed by atoms with van der Waals surface area (Å²) >= 11 is 0. The first kappa shape index (κ1) is 15.1. The Morgan fingerprint density at radius 1 is 1.43 bits per heavy atom. The largest absolute Gasteiger partial charge is 0.468 e. The van der Waals surface area contributed by atoms with Crippen LogP contribution in [0.25, 0.3) is 0 Å². The minimum absolute atomic E-state index is 0.0715. The van der Waals surface area contributed by atoms with E-state index in [0.29, 0.717) is 12.2 Å². The number of nitrogens with one attached hydrogen (secondary N) is 1. The van der Waals surface area contributed by atoms with Crippen molar-refractivity contribution in [1.82, 2.24) is 4.90 Å². The molecule has 2 rings (SSSR count). The van der Waals surface area contributed by atoms with E-state index in [1.807, 2.05) is 50.1 Å². The molecule has 0 saturated carbocycles. The topological polar surface area (TPSA) is 71.5 Å². The zero-order valence-corrected chi connectivity index (χ0v) is 12.6. The van der Waals surface area contributed by atoms with Crippen LogP contribution in [0.2, 0.25) is 0 Å². The van der Waals surface area contributed by atoms with Crippen LogP contribution >= 0.6 is 0 Å². The summed E-state index contributed by atoms with van der Waals surface area (Å²) in [6.07, 6.45) is 1.63. The summed E-state index contributed by atoms with van der Waals surface area (Å²) in [6.45, 7) is 4.38. The fourth-order valence-corrected chi connectivity index (χ4v) is 2.00. The molecular formula is C16H21N3O2. The van der Waals surface area contributed by atoms with Gasteiger partial charge >= 0.3 is 0 Å². The van der Waals surface area contributed by atoms with Gasteiger partial charge in [0.15, 0.2) is 0 Å². The van der Waals surface area contributed by atoms with Crippen LogP contribution in [0.15, 0.2) is 41.0 Å². The van der Waals surface area contributed by atoms with Crippen molar-refractivity contribution in [2.24, 2.45) is 0 Å². The summed E-state index contributed by atoms with van der Waals surface area (Å²) in [4.78, 5) is 14.2. The second-order valence-electron chi connectivity index (χ2n) is 5.23. The standard InChI is InChI=1S/C16H21N3O2/c1-11-6-7-13(17)9-15(11)18-16(20)12(2)19(3)10-14-5-4-8-21-14/h4-9,12H,10,17H2,1-3H3,(H,18,20). The van der Waals surface area contributed by atoms with Gasteiger partial charge in [0.05, 0.1) is 18.8 Å². The van der Waals surface area contributed by atoms with Gasteiger partial charge in [-0.05, 0) is 50.7 Å². The Kier molecular flexibility index (Phi) is 4.65. The van der Waals surface area contributed by atoms with Crippen molar-refractivity contribution < 1.29 is 9.21 Å². The third-order valence-corrected chi connectivity index (χ3v) is 3.55. The van der Waals surface area contributed by atoms with Gasteiger partial charge in [0.25, 0.3) is 0 Å². The molecule has 2 aromatic rings. The lowest BCUT2D eigenvalue weighted by molar-refractivity contribution is -0.120. The molecule has 0 aliphatic rings. The molecule has 1 aromatic carbocycles. The van der Waals surface area contributed by atoms with E-state index < -0.39 is 0 Å². The first-order valence-electron chi connectivity index (χ1n) is 6.87. The van der Waals surface area contributed by atoms with E-state index in [1.165, 1.54) is 0 Å². The van der Waals surface area contributed by atoms with Crippen molar-refractivity contribution in [3.63, 3.8) is 0 Å². The summed E-state index contributed by atoms with van der Waals surface area (Å²) in [5.41, 5.74) is 8.12. The lowest BCUT2D eigenvalue weighted by Gasteiger charge is -2.23. The molecule has 0 aliphatic carbocycles. The number of carbonyl (C=O) groups excluding carboxylic acids is 1. The van der Waals surface area contributed by atoms with Gasteiger partial charge in [-0.1, -0.05) is 6.07 Å². The molecule has 0 bridgehead atoms. The number of hydrogen-bond donors (Lipinski definition) is 2. The third-order valence-electron chi connectivity index (χ3n) is 3.55. The van der Waals surface area contributed by atoms with Crippen LogP contribution in [0, 0.1) is 6.92 Å². The summed E-state index contributed by atoms with van der Waals surface area (Å²) in [5, 5.41) is 2.92. The molecule has 0 saturated heterocycles. The van der Waals surface area contributed by atoms with Gasteiger partial charge in [0.2, 0.25) is 5.91 Å². The molecule has 1 unspecified atom stereocenters. The van der Waals surface area contributed by atoms with E-state index in [0.717, 1.165) is 17.0 Å². The molecule has 0 radical (unpaired) electrons. The maximum atomic E-state index is 12.3. The molecule has 1 heterocycles. The number of hydrogen-bond acceptors (Lipinski definition) is 4. The second kappa shape index (κ2) is 6.45. The summed E-state index contributed by atoms with van der Waals surface area (Å²) in [5.74, 6) is 0.759. The third kappa shape index (κ3) is 3.86. The van der Waals surface area contributed by atoms with Gasteiger partial charge in [-0.3, -0.25) is 9.69 Å². The Bertz CT molecular complexity index is 608. The smallest absolute Gasteiger partial charge is 0.241 e. The van der Waals surface area contributed by atoms with Gasteiger partial charge in [0.1, 0.15) is 5.76 Å². The summed E-state index contributed by atoms with van der Waals surface area (Å²) in [7, 11) is 1.89. The zero-order chi connectivity index (χ0) is 15.4. The monoisotopic (exact) mass is 287 g/mol. The Hall–Kier alpha value is -2.27. The first-order valence-corrected chi connectivity index (χ1v) is 6.87. The number of rotatable bonds is 5. The number of benzene rings is 1. The molecule has 5 nitrogen and oxygen atoms in total. The Labute approximate surface area is 124 Å². The summed E-state index contributed by atoms with van der Waals surface area (Å²) in [6, 6.07) is 8.93. The molecule has 0 aliphatic heterocycles. The number of furan rings is 1. The van der Waals surface area contributed by atoms with Crippen LogP contribution in [0.3, 0.4) is 0 Å². The van der Waals surface area contributed by atoms with Crippen molar-refractivity contribution in [2.75, 3.05) is 18.1 Å². The lowest BCUT2D eigenvalue weighted by atomic mass is 10.1. The van der Waals surface area contributed by atoms with Gasteiger partial charge in [-0.15, -0.1) is 0 Å². The van der Waals surface area contributed by atoms with E-state index in [2.05, 4.69) is 5.32 Å². The van der Waals surface area contributed by atoms with Gasteiger partial charge in [0, 0.05) is 11.4 Å². The van der Waals surface area contributed by atoms with Crippen LogP contribution in [-0.4, -0.2) is 23.9 Å². The molecule has 3 N–H and O–H groups in total. The minimum Gasteiger partial charge on any atom is -0.468 e. The maximum Gasteiger partial charge on any atom is 0.241 e. The predicted octanol–water partition coefficient (Wildman–Crippen LogP) is 2.63. The van der Waals surface area contributed by atoms with Gasteiger partial charge in [-0.2, -0.15) is 0 Å². The van der Waals surface area contributed by atoms with Crippen molar-refractivity contribution in [3.8, 4) is 0 Å². The molecule has 0 fully saturated rings. The zero-order valence-electron chi connectivity index (χ0n) is 12.6. The molecule has 1 amide bonds. The molecule has 1 atom stereocenters. The number of aryl methyl sites for hydroxylation is 1. The van der Waals surface area contributed by atoms with Crippen molar-refractivity contribution in [2.45, 2.75) is 26.4 Å². The normalized spacial score (nSPS) is 12.4. The Morgan fingerprint density at radius 3 is 2.86 bits per heavy atom. The number of nitrogens with zero attached hydrogens (tertiary/aromatic N) is 1. The van der Waals surface area contributed by atoms with Crippen molar-refractivity contribution >= 4 is 17.3 Å². The lowest BCUT2D eigenvalue weighted by Crippen LogP contribution is -2.39. The van der Waals surface area contributed by atoms with Crippen LogP contribution in [0.5, 0.6) is 0 Å². The quantitative estimate of drug-likeness (QED) is 0.829. The molecule has 112 valence electrons. The molecule has 1 aromatic heterocycles. The van der Waals surface area contributed by atoms with E-state index in [9.17, 15) is 4.79 Å². The van der Waals surface area contributed by atoms with Crippen molar-refractivity contribution in [1.29, 1.82) is 0 Å². The summed E-state index contributed by atoms with van der Waals surface area (Å²) < 4.78 is 5.30. The SMILES string of the molecule is Cc1ccc(N)cc1NC(=O)C(C)N(C)Cc1ccco1. The maximum absolute atomic E-state index is 12.3. The average Bonchev–Trinajstić information content (AvgIpc) is 2.94. The predicted molar refractivity (Wildman–Crippen MR) is 83.9 cm³/mol. The number of likely N-dealkylation sites (N-methyl/N-ethyl adjacent to an activating group) is 1. The van der Waals surface area contributed by atoms with E-state index in [-0.39, 0.29) is 11.9 Å².